The molecule has 0 aliphatic carbocycles. The van der Waals surface area contributed by atoms with Gasteiger partial charge in [0.05, 0.1) is 16.9 Å². The van der Waals surface area contributed by atoms with E-state index in [0.29, 0.717) is 35.9 Å². The van der Waals surface area contributed by atoms with E-state index in [4.69, 9.17) is 9.26 Å². The number of anilines is 1. The maximum absolute atomic E-state index is 14.4. The van der Waals surface area contributed by atoms with Crippen LogP contribution in [-0.2, 0) is 13.0 Å². The summed E-state index contributed by atoms with van der Waals surface area (Å²) in [5.74, 6) is 0.687. The minimum Gasteiger partial charge on any atom is -0.489 e. The maximum Gasteiger partial charge on any atom is 0.258 e. The minimum absolute atomic E-state index is 0.228. The molecule has 0 saturated heterocycles. The Morgan fingerprint density at radius 1 is 1.25 bits per heavy atom. The zero-order valence-electron chi connectivity index (χ0n) is 15.9. The molecule has 0 atom stereocenters. The maximum atomic E-state index is 14.4. The molecular weight excluding hydrogens is 359 g/mol. The number of aryl methyl sites for hydroxylation is 3. The van der Waals surface area contributed by atoms with E-state index in [0.717, 1.165) is 29.7 Å². The molecule has 0 spiro atoms. The molecule has 4 rings (SSSR count). The van der Waals surface area contributed by atoms with Gasteiger partial charge in [-0.05, 0) is 56.5 Å². The van der Waals surface area contributed by atoms with Gasteiger partial charge in [0.15, 0.2) is 0 Å². The normalized spacial score (nSPS) is 13.3. The lowest BCUT2D eigenvalue weighted by atomic mass is 10.0. The molecule has 6 heteroatoms. The Labute approximate surface area is 162 Å². The average molecular weight is 380 g/mol. The second kappa shape index (κ2) is 7.46. The second-order valence-electron chi connectivity index (χ2n) is 6.93. The number of fused-ring (bicyclic) bond motifs is 1. The lowest BCUT2D eigenvalue weighted by molar-refractivity contribution is 0.0983. The van der Waals surface area contributed by atoms with Crippen molar-refractivity contribution >= 4 is 11.6 Å². The van der Waals surface area contributed by atoms with Crippen LogP contribution in [0.2, 0.25) is 0 Å². The van der Waals surface area contributed by atoms with Crippen LogP contribution in [0.25, 0.3) is 0 Å². The van der Waals surface area contributed by atoms with Gasteiger partial charge in [-0.2, -0.15) is 0 Å². The molecule has 1 aliphatic heterocycles. The summed E-state index contributed by atoms with van der Waals surface area (Å²) in [4.78, 5) is 14.6. The van der Waals surface area contributed by atoms with Crippen molar-refractivity contribution in [2.75, 3.05) is 11.4 Å². The number of ether oxygens (including phenoxy) is 1. The Kier molecular flexibility index (Phi) is 4.86. The van der Waals surface area contributed by atoms with Crippen LogP contribution in [0.3, 0.4) is 0 Å². The quantitative estimate of drug-likeness (QED) is 0.664. The molecule has 3 aromatic rings. The van der Waals surface area contributed by atoms with Crippen LogP contribution in [0.4, 0.5) is 10.1 Å². The Bertz CT molecular complexity index is 1010. The van der Waals surface area contributed by atoms with Gasteiger partial charge in [0, 0.05) is 12.1 Å². The van der Waals surface area contributed by atoms with Gasteiger partial charge in [-0.15, -0.1) is 0 Å². The van der Waals surface area contributed by atoms with Crippen LogP contribution in [0.15, 0.2) is 47.0 Å². The van der Waals surface area contributed by atoms with Gasteiger partial charge in [-0.3, -0.25) is 4.79 Å². The van der Waals surface area contributed by atoms with Gasteiger partial charge in [0.25, 0.3) is 5.91 Å². The van der Waals surface area contributed by atoms with Gasteiger partial charge < -0.3 is 14.2 Å². The lowest BCUT2D eigenvalue weighted by Gasteiger charge is -2.30. The highest BCUT2D eigenvalue weighted by Crippen LogP contribution is 2.31. The summed E-state index contributed by atoms with van der Waals surface area (Å²) in [6, 6.07) is 11.9. The molecule has 0 N–H and O–H groups in total. The molecule has 0 unspecified atom stereocenters. The second-order valence-corrected chi connectivity index (χ2v) is 6.93. The molecule has 0 saturated carbocycles. The number of carbonyl (C=O) groups is 1. The third kappa shape index (κ3) is 3.38. The van der Waals surface area contributed by atoms with Crippen LogP contribution < -0.4 is 9.64 Å². The number of aromatic nitrogens is 1. The molecule has 1 amide bonds. The zero-order chi connectivity index (χ0) is 19.7. The summed E-state index contributed by atoms with van der Waals surface area (Å²) in [6.45, 7) is 4.50. The number of carbonyl (C=O) groups excluding carboxylic acids is 1. The van der Waals surface area contributed by atoms with E-state index in [-0.39, 0.29) is 11.7 Å². The fourth-order valence-electron chi connectivity index (χ4n) is 3.54. The van der Waals surface area contributed by atoms with E-state index in [1.54, 1.807) is 30.3 Å². The van der Waals surface area contributed by atoms with Crippen molar-refractivity contribution in [1.82, 2.24) is 5.16 Å². The smallest absolute Gasteiger partial charge is 0.258 e. The molecule has 0 bridgehead atoms. The van der Waals surface area contributed by atoms with Crippen molar-refractivity contribution in [2.24, 2.45) is 0 Å². The third-order valence-electron chi connectivity index (χ3n) is 5.06. The molecule has 28 heavy (non-hydrogen) atoms. The van der Waals surface area contributed by atoms with E-state index >= 15 is 0 Å². The minimum atomic E-state index is -0.364. The number of hydrogen-bond acceptors (Lipinski definition) is 4. The summed E-state index contributed by atoms with van der Waals surface area (Å²) in [5.41, 5.74) is 3.40. The topological polar surface area (TPSA) is 55.6 Å². The molecule has 2 aromatic carbocycles. The van der Waals surface area contributed by atoms with Crippen molar-refractivity contribution in [1.29, 1.82) is 0 Å². The van der Waals surface area contributed by atoms with E-state index in [2.05, 4.69) is 5.16 Å². The van der Waals surface area contributed by atoms with Crippen LogP contribution in [0.1, 0.15) is 39.4 Å². The summed E-state index contributed by atoms with van der Waals surface area (Å²) >= 11 is 0. The number of benzene rings is 2. The molecule has 2 heterocycles. The Morgan fingerprint density at radius 3 is 2.86 bits per heavy atom. The third-order valence-corrected chi connectivity index (χ3v) is 5.06. The van der Waals surface area contributed by atoms with Crippen LogP contribution in [0.5, 0.6) is 5.75 Å². The van der Waals surface area contributed by atoms with Crippen LogP contribution >= 0.6 is 0 Å². The monoisotopic (exact) mass is 380 g/mol. The van der Waals surface area contributed by atoms with Gasteiger partial charge in [0.1, 0.15) is 23.9 Å². The lowest BCUT2D eigenvalue weighted by Crippen LogP contribution is -2.36. The highest BCUT2D eigenvalue weighted by atomic mass is 19.1. The summed E-state index contributed by atoms with van der Waals surface area (Å²) in [5, 5.41) is 3.91. The van der Waals surface area contributed by atoms with Gasteiger partial charge in [0.2, 0.25) is 0 Å². The van der Waals surface area contributed by atoms with Crippen molar-refractivity contribution in [2.45, 2.75) is 33.3 Å². The molecule has 144 valence electrons. The summed E-state index contributed by atoms with van der Waals surface area (Å²) in [7, 11) is 0. The molecule has 0 fully saturated rings. The Morgan fingerprint density at radius 2 is 2.07 bits per heavy atom. The SMILES string of the molecule is Cc1noc(C)c1COc1cccc(C(=O)N2CCCc3cccc(F)c32)c1. The fourth-order valence-corrected chi connectivity index (χ4v) is 3.54. The van der Waals surface area contributed by atoms with Crippen LogP contribution in [0, 0.1) is 19.7 Å². The average Bonchev–Trinajstić information content (AvgIpc) is 3.03. The van der Waals surface area contributed by atoms with E-state index in [9.17, 15) is 9.18 Å². The highest BCUT2D eigenvalue weighted by Gasteiger charge is 2.26. The number of nitrogens with zero attached hydrogens (tertiary/aromatic N) is 2. The van der Waals surface area contributed by atoms with Gasteiger partial charge >= 0.3 is 0 Å². The number of para-hydroxylation sites is 1. The number of amides is 1. The van der Waals surface area contributed by atoms with Crippen molar-refractivity contribution in [3.05, 3.63) is 76.4 Å². The van der Waals surface area contributed by atoms with Crippen LogP contribution in [-0.4, -0.2) is 17.6 Å². The first-order valence-electron chi connectivity index (χ1n) is 9.28. The predicted molar refractivity (Wildman–Crippen MR) is 103 cm³/mol. The first-order valence-corrected chi connectivity index (χ1v) is 9.28. The van der Waals surface area contributed by atoms with Crippen molar-refractivity contribution in [3.8, 4) is 5.75 Å². The Hall–Kier alpha value is -3.15. The summed E-state index contributed by atoms with van der Waals surface area (Å²) in [6.07, 6.45) is 1.59. The van der Waals surface area contributed by atoms with Crippen molar-refractivity contribution in [3.63, 3.8) is 0 Å². The number of halogens is 1. The largest absolute Gasteiger partial charge is 0.489 e. The van der Waals surface area contributed by atoms with E-state index in [1.807, 2.05) is 19.9 Å². The predicted octanol–water partition coefficient (Wildman–Crippen LogP) is 4.60. The fraction of sp³-hybridized carbons (Fsp3) is 0.273. The molecular formula is C22H21FN2O3. The van der Waals surface area contributed by atoms with E-state index < -0.39 is 0 Å². The first kappa shape index (κ1) is 18.2. The summed E-state index contributed by atoms with van der Waals surface area (Å²) < 4.78 is 25.4. The molecule has 0 radical (unpaired) electrons. The number of rotatable bonds is 4. The standard InChI is InChI=1S/C22H21FN2O3/c1-14-19(15(2)28-24-14)13-27-18-9-3-7-17(12-18)22(26)25-11-5-8-16-6-4-10-20(23)21(16)25/h3-4,6-7,9-10,12H,5,8,11,13H2,1-2H3. The molecule has 1 aromatic heterocycles. The van der Waals surface area contributed by atoms with Crippen molar-refractivity contribution < 1.29 is 18.4 Å². The molecule has 1 aliphatic rings. The zero-order valence-corrected chi connectivity index (χ0v) is 15.9. The number of hydrogen-bond donors (Lipinski definition) is 0. The van der Waals surface area contributed by atoms with Gasteiger partial charge in [-0.25, -0.2) is 4.39 Å². The molecule has 5 nitrogen and oxygen atoms in total. The highest BCUT2D eigenvalue weighted by molar-refractivity contribution is 6.07. The first-order chi connectivity index (χ1) is 13.5. The van der Waals surface area contributed by atoms with E-state index in [1.165, 1.54) is 11.0 Å². The van der Waals surface area contributed by atoms with Gasteiger partial charge in [-0.1, -0.05) is 23.4 Å². The Balaban J connectivity index is 1.56.